The van der Waals surface area contributed by atoms with Gasteiger partial charge in [-0.05, 0) is 24.7 Å². The first-order valence-corrected chi connectivity index (χ1v) is 9.62. The molecule has 0 amide bonds. The van der Waals surface area contributed by atoms with E-state index in [4.69, 9.17) is 9.47 Å². The molecule has 2 saturated carbocycles. The summed E-state index contributed by atoms with van der Waals surface area (Å²) in [5, 5.41) is 24.2. The van der Waals surface area contributed by atoms with Gasteiger partial charge in [0.2, 0.25) is 0 Å². The summed E-state index contributed by atoms with van der Waals surface area (Å²) in [7, 11) is 1.53. The minimum atomic E-state index is -1.08. The van der Waals surface area contributed by atoms with Crippen molar-refractivity contribution >= 4 is 17.0 Å². The molecule has 1 saturated heterocycles. The van der Waals surface area contributed by atoms with Gasteiger partial charge in [0.1, 0.15) is 24.6 Å². The van der Waals surface area contributed by atoms with Crippen molar-refractivity contribution in [3.05, 3.63) is 12.7 Å². The van der Waals surface area contributed by atoms with E-state index in [0.29, 0.717) is 17.2 Å². The van der Waals surface area contributed by atoms with E-state index >= 15 is 0 Å². The standard InChI is InChI=1S/C18H25N5O4/c1-26-6-12-14(24)15(25)18(27-12)23-8-21-13-16(19-7-20-17(13)23)22-11-5-9-3-2-4-10(9)11/h7-12,14-15,18,24-25H,2-6H2,1H3,(H,19,20,22)/t9-,10-,11+,12-,14-,15-,18-/m1/s1. The summed E-state index contributed by atoms with van der Waals surface area (Å²) in [5.74, 6) is 2.32. The van der Waals surface area contributed by atoms with Crippen molar-refractivity contribution in [2.75, 3.05) is 19.0 Å². The van der Waals surface area contributed by atoms with Gasteiger partial charge in [-0.1, -0.05) is 12.8 Å². The average molecular weight is 375 g/mol. The van der Waals surface area contributed by atoms with Crippen LogP contribution in [0.15, 0.2) is 12.7 Å². The summed E-state index contributed by atoms with van der Waals surface area (Å²) in [5.41, 5.74) is 1.23. The van der Waals surface area contributed by atoms with Crippen molar-refractivity contribution in [1.82, 2.24) is 19.5 Å². The largest absolute Gasteiger partial charge is 0.387 e. The second kappa shape index (κ2) is 6.66. The molecule has 2 aromatic heterocycles. The van der Waals surface area contributed by atoms with Crippen LogP contribution in [0.25, 0.3) is 11.2 Å². The van der Waals surface area contributed by atoms with Crippen LogP contribution >= 0.6 is 0 Å². The lowest BCUT2D eigenvalue weighted by Crippen LogP contribution is -2.43. The Kier molecular flexibility index (Phi) is 4.27. The van der Waals surface area contributed by atoms with Crippen LogP contribution in [0.1, 0.15) is 31.9 Å². The fraction of sp³-hybridized carbons (Fsp3) is 0.722. The van der Waals surface area contributed by atoms with Crippen LogP contribution in [0.2, 0.25) is 0 Å². The maximum absolute atomic E-state index is 10.4. The molecule has 146 valence electrons. The van der Waals surface area contributed by atoms with Crippen molar-refractivity contribution in [1.29, 1.82) is 0 Å². The van der Waals surface area contributed by atoms with Crippen LogP contribution in [0.4, 0.5) is 5.82 Å². The minimum absolute atomic E-state index is 0.202. The van der Waals surface area contributed by atoms with Crippen molar-refractivity contribution in [3.63, 3.8) is 0 Å². The molecule has 2 aliphatic carbocycles. The van der Waals surface area contributed by atoms with Gasteiger partial charge in [0, 0.05) is 13.2 Å². The van der Waals surface area contributed by atoms with E-state index in [1.54, 1.807) is 10.9 Å². The van der Waals surface area contributed by atoms with E-state index < -0.39 is 24.5 Å². The minimum Gasteiger partial charge on any atom is -0.387 e. The van der Waals surface area contributed by atoms with Gasteiger partial charge in [0.15, 0.2) is 23.2 Å². The topological polar surface area (TPSA) is 115 Å². The first kappa shape index (κ1) is 17.3. The van der Waals surface area contributed by atoms with E-state index in [1.165, 1.54) is 39.1 Å². The van der Waals surface area contributed by atoms with Crippen LogP contribution < -0.4 is 5.32 Å². The number of nitrogens with one attached hydrogen (secondary N) is 1. The van der Waals surface area contributed by atoms with Crippen LogP contribution in [0.3, 0.4) is 0 Å². The van der Waals surface area contributed by atoms with Crippen LogP contribution in [-0.2, 0) is 9.47 Å². The smallest absolute Gasteiger partial charge is 0.167 e. The zero-order valence-corrected chi connectivity index (χ0v) is 15.2. The van der Waals surface area contributed by atoms with Gasteiger partial charge in [-0.15, -0.1) is 0 Å². The van der Waals surface area contributed by atoms with E-state index in [2.05, 4.69) is 20.3 Å². The molecule has 27 heavy (non-hydrogen) atoms. The molecule has 3 fully saturated rings. The number of aliphatic hydroxyl groups is 2. The summed E-state index contributed by atoms with van der Waals surface area (Å²) < 4.78 is 12.5. The van der Waals surface area contributed by atoms with E-state index in [1.807, 2.05) is 0 Å². The Morgan fingerprint density at radius 1 is 1.26 bits per heavy atom. The van der Waals surface area contributed by atoms with E-state index in [0.717, 1.165) is 17.7 Å². The molecule has 9 heteroatoms. The first-order chi connectivity index (χ1) is 13.2. The Balaban J connectivity index is 1.40. The second-order valence-corrected chi connectivity index (χ2v) is 7.89. The molecule has 3 aliphatic rings. The number of imidazole rings is 1. The number of aromatic nitrogens is 4. The molecule has 0 bridgehead atoms. The summed E-state index contributed by atoms with van der Waals surface area (Å²) in [6, 6.07) is 0.446. The van der Waals surface area contributed by atoms with Crippen molar-refractivity contribution in [2.45, 2.75) is 56.3 Å². The highest BCUT2D eigenvalue weighted by Gasteiger charge is 2.45. The molecular formula is C18H25N5O4. The Labute approximate surface area is 156 Å². The monoisotopic (exact) mass is 375 g/mol. The first-order valence-electron chi connectivity index (χ1n) is 9.62. The molecule has 0 unspecified atom stereocenters. The predicted octanol–water partition coefficient (Wildman–Crippen LogP) is 0.692. The molecule has 3 heterocycles. The number of hydrogen-bond acceptors (Lipinski definition) is 8. The highest BCUT2D eigenvalue weighted by Crippen LogP contribution is 2.48. The summed E-state index contributed by atoms with van der Waals surface area (Å²) in [6.07, 6.45) is 4.75. The van der Waals surface area contributed by atoms with Crippen LogP contribution in [0, 0.1) is 11.8 Å². The maximum Gasteiger partial charge on any atom is 0.167 e. The molecule has 1 aliphatic heterocycles. The van der Waals surface area contributed by atoms with Gasteiger partial charge in [-0.3, -0.25) is 4.57 Å². The Hall–Kier alpha value is -1.81. The van der Waals surface area contributed by atoms with Gasteiger partial charge < -0.3 is 25.0 Å². The fourth-order valence-electron chi connectivity index (χ4n) is 4.94. The lowest BCUT2D eigenvalue weighted by molar-refractivity contribution is -0.0580. The maximum atomic E-state index is 10.4. The van der Waals surface area contributed by atoms with Gasteiger partial charge in [0.25, 0.3) is 0 Å². The SMILES string of the molecule is COC[C@H]1O[C@@H](n2cnc3c(N[C@H]4C[C@H]5CCC[C@H]54)ncnc32)[C@H](O)[C@@H]1O. The zero-order chi connectivity index (χ0) is 18.5. The van der Waals surface area contributed by atoms with Crippen molar-refractivity contribution < 1.29 is 19.7 Å². The lowest BCUT2D eigenvalue weighted by Gasteiger charge is -2.41. The molecule has 0 aromatic carbocycles. The van der Waals surface area contributed by atoms with Gasteiger partial charge in [0.05, 0.1) is 12.9 Å². The lowest BCUT2D eigenvalue weighted by atomic mass is 9.71. The van der Waals surface area contributed by atoms with E-state index in [9.17, 15) is 10.2 Å². The third kappa shape index (κ3) is 2.72. The summed E-state index contributed by atoms with van der Waals surface area (Å²) in [6.45, 7) is 0.202. The normalized spacial score (nSPS) is 38.1. The van der Waals surface area contributed by atoms with Gasteiger partial charge in [-0.25, -0.2) is 15.0 Å². The molecule has 5 rings (SSSR count). The number of fused-ring (bicyclic) bond motifs is 2. The Bertz CT molecular complexity index is 829. The van der Waals surface area contributed by atoms with Crippen molar-refractivity contribution in [3.8, 4) is 0 Å². The summed E-state index contributed by atoms with van der Waals surface area (Å²) in [4.78, 5) is 13.2. The number of aliphatic hydroxyl groups excluding tert-OH is 2. The Morgan fingerprint density at radius 3 is 2.96 bits per heavy atom. The molecule has 3 N–H and O–H groups in total. The van der Waals surface area contributed by atoms with Crippen molar-refractivity contribution in [2.24, 2.45) is 11.8 Å². The Morgan fingerprint density at radius 2 is 2.15 bits per heavy atom. The highest BCUT2D eigenvalue weighted by atomic mass is 16.6. The predicted molar refractivity (Wildman–Crippen MR) is 96.0 cm³/mol. The molecule has 9 nitrogen and oxygen atoms in total. The average Bonchev–Trinajstić information content (AvgIpc) is 3.32. The third-order valence-corrected chi connectivity index (χ3v) is 6.41. The number of ether oxygens (including phenoxy) is 2. The van der Waals surface area contributed by atoms with E-state index in [-0.39, 0.29) is 6.61 Å². The molecule has 7 atom stereocenters. The number of rotatable bonds is 5. The number of nitrogens with zero attached hydrogens (tertiary/aromatic N) is 4. The van der Waals surface area contributed by atoms with Gasteiger partial charge in [-0.2, -0.15) is 0 Å². The quantitative estimate of drug-likeness (QED) is 0.699. The number of anilines is 1. The fourth-order valence-corrected chi connectivity index (χ4v) is 4.94. The zero-order valence-electron chi connectivity index (χ0n) is 15.2. The molecule has 2 aromatic rings. The van der Waals surface area contributed by atoms with Crippen LogP contribution in [0.5, 0.6) is 0 Å². The highest BCUT2D eigenvalue weighted by molar-refractivity contribution is 5.83. The molecular weight excluding hydrogens is 350 g/mol. The third-order valence-electron chi connectivity index (χ3n) is 6.41. The second-order valence-electron chi connectivity index (χ2n) is 7.89. The molecule has 0 radical (unpaired) electrons. The van der Waals surface area contributed by atoms with Crippen LogP contribution in [-0.4, -0.2) is 67.8 Å². The summed E-state index contributed by atoms with van der Waals surface area (Å²) >= 11 is 0. The number of hydrogen-bond donors (Lipinski definition) is 3. The molecule has 0 spiro atoms. The van der Waals surface area contributed by atoms with Gasteiger partial charge >= 0.3 is 0 Å². The number of methoxy groups -OCH3 is 1.